The SMILES string of the molecule is C1CNCC2OCC2OC1. The zero-order valence-corrected chi connectivity index (χ0v) is 6.01. The van der Waals surface area contributed by atoms with E-state index in [0.717, 1.165) is 32.7 Å². The van der Waals surface area contributed by atoms with E-state index >= 15 is 0 Å². The lowest BCUT2D eigenvalue weighted by atomic mass is 10.1. The summed E-state index contributed by atoms with van der Waals surface area (Å²) in [6, 6.07) is 0. The van der Waals surface area contributed by atoms with Gasteiger partial charge in [-0.05, 0) is 13.0 Å². The molecule has 3 nitrogen and oxygen atoms in total. The Labute approximate surface area is 60.7 Å². The second-order valence-corrected chi connectivity index (χ2v) is 2.84. The molecule has 58 valence electrons. The van der Waals surface area contributed by atoms with Crippen molar-refractivity contribution in [1.82, 2.24) is 5.32 Å². The van der Waals surface area contributed by atoms with Gasteiger partial charge in [0, 0.05) is 13.2 Å². The normalized spacial score (nSPS) is 40.8. The van der Waals surface area contributed by atoms with E-state index in [1.54, 1.807) is 0 Å². The van der Waals surface area contributed by atoms with Crippen LogP contribution in [0.5, 0.6) is 0 Å². The lowest BCUT2D eigenvalue weighted by Crippen LogP contribution is -2.53. The monoisotopic (exact) mass is 143 g/mol. The second kappa shape index (κ2) is 2.86. The molecule has 0 aliphatic carbocycles. The van der Waals surface area contributed by atoms with Crippen molar-refractivity contribution < 1.29 is 9.47 Å². The summed E-state index contributed by atoms with van der Waals surface area (Å²) in [5.74, 6) is 0. The Kier molecular flexibility index (Phi) is 1.88. The van der Waals surface area contributed by atoms with Gasteiger partial charge in [0.2, 0.25) is 0 Å². The Hall–Kier alpha value is -0.120. The van der Waals surface area contributed by atoms with Crippen LogP contribution in [0.4, 0.5) is 0 Å². The van der Waals surface area contributed by atoms with Crippen LogP contribution in [0.2, 0.25) is 0 Å². The van der Waals surface area contributed by atoms with Crippen molar-refractivity contribution in [2.24, 2.45) is 0 Å². The molecule has 0 aromatic carbocycles. The molecule has 10 heavy (non-hydrogen) atoms. The molecule has 2 fully saturated rings. The largest absolute Gasteiger partial charge is 0.373 e. The highest BCUT2D eigenvalue weighted by Crippen LogP contribution is 2.16. The third-order valence-electron chi connectivity index (χ3n) is 2.06. The second-order valence-electron chi connectivity index (χ2n) is 2.84. The van der Waals surface area contributed by atoms with Gasteiger partial charge >= 0.3 is 0 Å². The molecular formula is C7H13NO2. The van der Waals surface area contributed by atoms with E-state index in [9.17, 15) is 0 Å². The fraction of sp³-hybridized carbons (Fsp3) is 1.00. The third-order valence-corrected chi connectivity index (χ3v) is 2.06. The zero-order valence-electron chi connectivity index (χ0n) is 6.01. The summed E-state index contributed by atoms with van der Waals surface area (Å²) < 4.78 is 10.8. The number of fused-ring (bicyclic) bond motifs is 1. The van der Waals surface area contributed by atoms with Gasteiger partial charge in [-0.1, -0.05) is 0 Å². The average Bonchev–Trinajstić information content (AvgIpc) is 1.89. The number of hydrogen-bond acceptors (Lipinski definition) is 3. The van der Waals surface area contributed by atoms with Gasteiger partial charge in [0.15, 0.2) is 0 Å². The van der Waals surface area contributed by atoms with E-state index in [-0.39, 0.29) is 0 Å². The molecule has 2 rings (SSSR count). The molecule has 2 heterocycles. The standard InChI is InChI=1S/C7H13NO2/c1-2-8-4-6-7(5-10-6)9-3-1/h6-8H,1-5H2. The van der Waals surface area contributed by atoms with Crippen LogP contribution in [0.15, 0.2) is 0 Å². The lowest BCUT2D eigenvalue weighted by Gasteiger charge is -2.38. The van der Waals surface area contributed by atoms with Crippen LogP contribution in [0.3, 0.4) is 0 Å². The Balaban J connectivity index is 1.83. The summed E-state index contributed by atoms with van der Waals surface area (Å²) in [6.45, 7) is 3.71. The van der Waals surface area contributed by atoms with Crippen LogP contribution in [-0.2, 0) is 9.47 Å². The van der Waals surface area contributed by atoms with Crippen molar-refractivity contribution in [2.45, 2.75) is 18.6 Å². The van der Waals surface area contributed by atoms with Crippen LogP contribution in [-0.4, -0.2) is 38.5 Å². The molecule has 0 spiro atoms. The molecule has 2 aliphatic heterocycles. The highest BCUT2D eigenvalue weighted by molar-refractivity contribution is 4.82. The summed E-state index contributed by atoms with van der Waals surface area (Å²) >= 11 is 0. The first-order chi connectivity index (χ1) is 4.97. The molecular weight excluding hydrogens is 130 g/mol. The maximum atomic E-state index is 5.52. The Morgan fingerprint density at radius 2 is 2.20 bits per heavy atom. The fourth-order valence-corrected chi connectivity index (χ4v) is 1.33. The average molecular weight is 143 g/mol. The van der Waals surface area contributed by atoms with Crippen LogP contribution >= 0.6 is 0 Å². The van der Waals surface area contributed by atoms with E-state index in [4.69, 9.17) is 9.47 Å². The lowest BCUT2D eigenvalue weighted by molar-refractivity contribution is -0.189. The van der Waals surface area contributed by atoms with Gasteiger partial charge in [-0.25, -0.2) is 0 Å². The molecule has 0 amide bonds. The molecule has 0 radical (unpaired) electrons. The molecule has 0 saturated carbocycles. The molecule has 0 aromatic heterocycles. The van der Waals surface area contributed by atoms with Crippen molar-refractivity contribution in [3.8, 4) is 0 Å². The third kappa shape index (κ3) is 1.17. The predicted molar refractivity (Wildman–Crippen MR) is 37.0 cm³/mol. The van der Waals surface area contributed by atoms with E-state index in [1.807, 2.05) is 0 Å². The smallest absolute Gasteiger partial charge is 0.108 e. The van der Waals surface area contributed by atoms with Crippen molar-refractivity contribution in [3.63, 3.8) is 0 Å². The maximum Gasteiger partial charge on any atom is 0.108 e. The van der Waals surface area contributed by atoms with E-state index < -0.39 is 0 Å². The Bertz CT molecular complexity index is 104. The van der Waals surface area contributed by atoms with Gasteiger partial charge in [0.25, 0.3) is 0 Å². The van der Waals surface area contributed by atoms with E-state index in [1.165, 1.54) is 0 Å². The summed E-state index contributed by atoms with van der Waals surface area (Å²) in [6.07, 6.45) is 1.84. The molecule has 2 atom stereocenters. The topological polar surface area (TPSA) is 30.5 Å². The van der Waals surface area contributed by atoms with Crippen LogP contribution in [0.25, 0.3) is 0 Å². The fourth-order valence-electron chi connectivity index (χ4n) is 1.33. The van der Waals surface area contributed by atoms with Gasteiger partial charge in [-0.15, -0.1) is 0 Å². The molecule has 2 aliphatic rings. The molecule has 2 saturated heterocycles. The quantitative estimate of drug-likeness (QED) is 0.508. The first-order valence-electron chi connectivity index (χ1n) is 3.91. The summed E-state index contributed by atoms with van der Waals surface area (Å²) in [4.78, 5) is 0. The summed E-state index contributed by atoms with van der Waals surface area (Å²) in [7, 11) is 0. The Morgan fingerprint density at radius 1 is 1.20 bits per heavy atom. The van der Waals surface area contributed by atoms with Gasteiger partial charge in [-0.2, -0.15) is 0 Å². The van der Waals surface area contributed by atoms with Crippen molar-refractivity contribution in [1.29, 1.82) is 0 Å². The van der Waals surface area contributed by atoms with Crippen LogP contribution in [0, 0.1) is 0 Å². The summed E-state index contributed by atoms with van der Waals surface area (Å²) in [5, 5.41) is 3.31. The van der Waals surface area contributed by atoms with Crippen molar-refractivity contribution in [2.75, 3.05) is 26.3 Å². The minimum absolute atomic E-state index is 0.334. The highest BCUT2D eigenvalue weighted by atomic mass is 16.6. The van der Waals surface area contributed by atoms with E-state index in [2.05, 4.69) is 5.32 Å². The maximum absolute atomic E-state index is 5.52. The number of ether oxygens (including phenoxy) is 2. The van der Waals surface area contributed by atoms with Gasteiger partial charge < -0.3 is 14.8 Å². The van der Waals surface area contributed by atoms with Crippen LogP contribution < -0.4 is 5.32 Å². The molecule has 0 bridgehead atoms. The Morgan fingerprint density at radius 3 is 3.00 bits per heavy atom. The van der Waals surface area contributed by atoms with Crippen molar-refractivity contribution in [3.05, 3.63) is 0 Å². The van der Waals surface area contributed by atoms with Crippen molar-refractivity contribution >= 4 is 0 Å². The van der Waals surface area contributed by atoms with Gasteiger partial charge in [0.1, 0.15) is 6.10 Å². The first kappa shape index (κ1) is 6.58. The highest BCUT2D eigenvalue weighted by Gasteiger charge is 2.32. The molecule has 3 heteroatoms. The number of nitrogens with one attached hydrogen (secondary N) is 1. The number of hydrogen-bond donors (Lipinski definition) is 1. The number of rotatable bonds is 0. The van der Waals surface area contributed by atoms with Gasteiger partial charge in [0.05, 0.1) is 12.7 Å². The minimum atomic E-state index is 0.334. The van der Waals surface area contributed by atoms with Gasteiger partial charge in [-0.3, -0.25) is 0 Å². The summed E-state index contributed by atoms with van der Waals surface area (Å²) in [5.41, 5.74) is 0. The molecule has 0 aromatic rings. The zero-order chi connectivity index (χ0) is 6.81. The molecule has 1 N–H and O–H groups in total. The molecule has 2 unspecified atom stereocenters. The predicted octanol–water partition coefficient (Wildman–Crippen LogP) is -0.236. The minimum Gasteiger partial charge on any atom is -0.373 e. The first-order valence-corrected chi connectivity index (χ1v) is 3.91. The van der Waals surface area contributed by atoms with Crippen LogP contribution in [0.1, 0.15) is 6.42 Å². The van der Waals surface area contributed by atoms with E-state index in [0.29, 0.717) is 12.2 Å².